The molecule has 0 saturated carbocycles. The van der Waals surface area contributed by atoms with Crippen molar-refractivity contribution >= 4 is 11.9 Å². The summed E-state index contributed by atoms with van der Waals surface area (Å²) in [6.07, 6.45) is 0. The predicted molar refractivity (Wildman–Crippen MR) is 57.5 cm³/mol. The largest absolute Gasteiger partial charge is 2.00 e. The van der Waals surface area contributed by atoms with Gasteiger partial charge in [0.2, 0.25) is 0 Å². The van der Waals surface area contributed by atoms with E-state index in [2.05, 4.69) is 0 Å². The number of carbonyl (C=O) groups excluding carboxylic acids is 2. The van der Waals surface area contributed by atoms with Crippen molar-refractivity contribution in [2.45, 2.75) is 13.8 Å². The van der Waals surface area contributed by atoms with E-state index in [0.29, 0.717) is 0 Å². The fraction of sp³-hybridized carbons (Fsp3) is 0.500. The molecule has 0 heterocycles. The van der Waals surface area contributed by atoms with Crippen LogP contribution in [0.1, 0.15) is 13.8 Å². The van der Waals surface area contributed by atoms with Crippen LogP contribution in [0.2, 0.25) is 0 Å². The Morgan fingerprint density at radius 2 is 0.500 bits per heavy atom. The minimum Gasteiger partial charge on any atom is -1.00 e. The summed E-state index contributed by atoms with van der Waals surface area (Å²) < 4.78 is 0. The average Bonchev–Trinajstić information content (AvgIpc) is 1.25. The summed E-state index contributed by atoms with van der Waals surface area (Å²) in [5.41, 5.74) is 0. The Labute approximate surface area is 167 Å². The molecule has 0 rings (SSSR count). The second-order valence-corrected chi connectivity index (χ2v) is 0.983. The van der Waals surface area contributed by atoms with Crippen LogP contribution < -0.4 is 44.2 Å². The molecule has 20 N–H and O–H groups in total. The molecule has 0 aromatic rings. The number of hydrogen-bond acceptors (Lipinski definition) is 4. The second kappa shape index (κ2) is 213. The Morgan fingerprint density at radius 1 is 0.500 bits per heavy atom. The second-order valence-electron chi connectivity index (χ2n) is 0.983. The molecule has 0 bridgehead atoms. The van der Waals surface area contributed by atoms with Crippen molar-refractivity contribution < 1.29 is 142 Å². The van der Waals surface area contributed by atoms with Gasteiger partial charge in [0.25, 0.3) is 0 Å². The van der Waals surface area contributed by atoms with Gasteiger partial charge in [-0.15, -0.1) is 0 Å². The third-order valence-electron chi connectivity index (χ3n) is 0. The van der Waals surface area contributed by atoms with Gasteiger partial charge in [0.05, 0.1) is 0 Å². The Morgan fingerprint density at radius 3 is 0.500 bits per heavy atom. The van der Waals surface area contributed by atoms with E-state index < -0.39 is 11.9 Å². The first kappa shape index (κ1) is 246. The molecule has 0 unspecified atom stereocenters. The van der Waals surface area contributed by atoms with E-state index in [9.17, 15) is 0 Å². The van der Waals surface area contributed by atoms with Gasteiger partial charge in [0, 0.05) is 11.9 Å². The number of aliphatic carboxylic acids is 2. The van der Waals surface area contributed by atoms with Crippen LogP contribution in [0.4, 0.5) is 0 Å². The molecule has 0 amide bonds. The summed E-state index contributed by atoms with van der Waals surface area (Å²) in [6, 6.07) is 0. The third kappa shape index (κ3) is 29700. The van der Waals surface area contributed by atoms with Crippen LogP contribution in [-0.2, 0) is 43.1 Å². The first-order chi connectivity index (χ1) is 3.46. The van der Waals surface area contributed by atoms with Gasteiger partial charge in [-0.25, -0.2) is 0 Å². The SMILES string of the molecule is CC(=O)[O-].CC(=O)[O-].O.O.O.O.O.O.O.O.O.O.[Br-].[Br-].[Co+2].[Co+2]. The van der Waals surface area contributed by atoms with Crippen LogP contribution in [0.15, 0.2) is 0 Å². The zero-order valence-corrected chi connectivity index (χ0v) is 16.3. The number of hydrogen-bond donors (Lipinski definition) is 0. The molecule has 0 aliphatic rings. The van der Waals surface area contributed by atoms with Gasteiger partial charge in [0.1, 0.15) is 0 Å². The van der Waals surface area contributed by atoms with Gasteiger partial charge in [-0.3, -0.25) is 0 Å². The summed E-state index contributed by atoms with van der Waals surface area (Å²) in [7, 11) is 0. The summed E-state index contributed by atoms with van der Waals surface area (Å²) in [6.45, 7) is 1.94. The first-order valence-corrected chi connectivity index (χ1v) is 1.82. The maximum atomic E-state index is 8.89. The van der Waals surface area contributed by atoms with Crippen molar-refractivity contribution in [3.8, 4) is 0 Å². The molecule has 0 aromatic heterocycles. The smallest absolute Gasteiger partial charge is 1.00 e. The monoisotopic (exact) mass is 574 g/mol. The average molecular weight is 576 g/mol. The van der Waals surface area contributed by atoms with Gasteiger partial charge >= 0.3 is 33.6 Å². The Hall–Kier alpha value is 0.513. The van der Waals surface area contributed by atoms with E-state index in [1.165, 1.54) is 0 Å². The first-order valence-electron chi connectivity index (χ1n) is 1.82. The van der Waals surface area contributed by atoms with E-state index in [4.69, 9.17) is 19.8 Å². The fourth-order valence-corrected chi connectivity index (χ4v) is 0. The summed E-state index contributed by atoms with van der Waals surface area (Å²) in [4.78, 5) is 17.8. The number of carbonyl (C=O) groups is 2. The zero-order valence-electron chi connectivity index (χ0n) is 11.1. The molecule has 22 heavy (non-hydrogen) atoms. The van der Waals surface area contributed by atoms with E-state index in [1.807, 2.05) is 0 Å². The van der Waals surface area contributed by atoms with Crippen LogP contribution >= 0.6 is 0 Å². The summed E-state index contributed by atoms with van der Waals surface area (Å²) in [5.74, 6) is -2.17. The van der Waals surface area contributed by atoms with E-state index in [0.717, 1.165) is 13.8 Å². The third-order valence-corrected chi connectivity index (χ3v) is 0. The molecule has 158 valence electrons. The van der Waals surface area contributed by atoms with Crippen LogP contribution in [0.25, 0.3) is 0 Å². The van der Waals surface area contributed by atoms with Crippen LogP contribution in [0.3, 0.4) is 0 Å². The van der Waals surface area contributed by atoms with Crippen LogP contribution in [0, 0.1) is 0 Å². The molecule has 0 atom stereocenters. The quantitative estimate of drug-likeness (QED) is 0.271. The molecule has 0 saturated heterocycles. The van der Waals surface area contributed by atoms with Crippen molar-refractivity contribution in [3.05, 3.63) is 0 Å². The normalized spacial score (nSPS) is 2.27. The molecule has 0 fully saturated rings. The fourth-order valence-electron chi connectivity index (χ4n) is 0. The summed E-state index contributed by atoms with van der Waals surface area (Å²) in [5, 5.41) is 17.8. The molecule has 18 heteroatoms. The van der Waals surface area contributed by atoms with E-state index >= 15 is 0 Å². The minimum absolute atomic E-state index is 0. The molecule has 0 aromatic carbocycles. The van der Waals surface area contributed by atoms with E-state index in [-0.39, 0.29) is 122 Å². The summed E-state index contributed by atoms with van der Waals surface area (Å²) >= 11 is 0. The van der Waals surface area contributed by atoms with Crippen molar-refractivity contribution in [3.63, 3.8) is 0 Å². The van der Waals surface area contributed by atoms with Gasteiger partial charge in [0.15, 0.2) is 0 Å². The zero-order chi connectivity index (χ0) is 7.15. The topological polar surface area (TPSA) is 395 Å². The molecule has 2 radical (unpaired) electrons. The molecular formula is C4H26Br2Co2O14. The van der Waals surface area contributed by atoms with Gasteiger partial charge in [-0.1, -0.05) is 0 Å². The maximum Gasteiger partial charge on any atom is 2.00 e. The molecular weight excluding hydrogens is 550 g/mol. The van der Waals surface area contributed by atoms with Crippen molar-refractivity contribution in [2.24, 2.45) is 0 Å². The van der Waals surface area contributed by atoms with Gasteiger partial charge in [-0.2, -0.15) is 0 Å². The number of carboxylic acid groups (broad SMARTS) is 2. The molecule has 0 spiro atoms. The molecule has 14 nitrogen and oxygen atoms in total. The van der Waals surface area contributed by atoms with Crippen molar-refractivity contribution in [2.75, 3.05) is 0 Å². The van der Waals surface area contributed by atoms with E-state index in [1.54, 1.807) is 0 Å². The van der Waals surface area contributed by atoms with Gasteiger partial charge < -0.3 is 109 Å². The number of rotatable bonds is 0. The van der Waals surface area contributed by atoms with Crippen LogP contribution in [-0.4, -0.2) is 66.7 Å². The minimum atomic E-state index is -1.08. The molecule has 0 aliphatic carbocycles. The van der Waals surface area contributed by atoms with Crippen LogP contribution in [0.5, 0.6) is 0 Å². The maximum absolute atomic E-state index is 8.89. The predicted octanol–water partition coefficient (Wildman–Crippen LogP) is -16.7. The Bertz CT molecular complexity index is 90.8. The standard InChI is InChI=1S/2C2H4O2.2BrH.2Co.10H2O/c2*1-2(3)4;;;;;;;;;;;;;;/h2*1H3,(H,3,4);2*1H;;;10*1H2/q;;;;2*+2;;;;;;;;;;/p-4. The van der Waals surface area contributed by atoms with Crippen molar-refractivity contribution in [1.29, 1.82) is 0 Å². The van der Waals surface area contributed by atoms with Crippen molar-refractivity contribution in [1.82, 2.24) is 0 Å². The van der Waals surface area contributed by atoms with Gasteiger partial charge in [-0.05, 0) is 13.8 Å². The number of halogens is 2. The Balaban J connectivity index is -0.00000000143. The molecule has 0 aliphatic heterocycles. The Kier molecular flexibility index (Phi) is 2380. The number of carboxylic acids is 2.